The third kappa shape index (κ3) is 4.44. The number of carbonyl (C=O) groups is 1. The van der Waals surface area contributed by atoms with Gasteiger partial charge in [-0.3, -0.25) is 14.5 Å². The van der Waals surface area contributed by atoms with Crippen molar-refractivity contribution < 1.29 is 9.53 Å². The van der Waals surface area contributed by atoms with Crippen molar-refractivity contribution in [3.8, 4) is 17.0 Å². The number of aromatic nitrogens is 3. The Balaban J connectivity index is 1.21. The number of fused-ring (bicyclic) bond motifs is 1. The standard InChI is InChI=1S/C28H28N4O2/c1-18-6-5-13-29-26(18)25-8-4-7-23-15-24(34-27(23)25)16-30-28(33)22-11-9-21(10-12-22)17-32-20(3)14-19(2)31-32/h4-14,24H,15-17H2,1-3H3,(H,30,33). The SMILES string of the molecule is Cc1cc(C)n(Cc2ccc(C(=O)NCC3Cc4cccc(-c5ncccc5C)c4O3)cc2)n1. The van der Waals surface area contributed by atoms with Crippen LogP contribution < -0.4 is 10.1 Å². The second-order valence-electron chi connectivity index (χ2n) is 8.90. The molecule has 34 heavy (non-hydrogen) atoms. The van der Waals surface area contributed by atoms with Crippen LogP contribution in [-0.4, -0.2) is 33.3 Å². The largest absolute Gasteiger partial charge is 0.487 e. The molecule has 1 aliphatic heterocycles. The lowest BCUT2D eigenvalue weighted by Crippen LogP contribution is -2.34. The molecule has 1 aliphatic rings. The normalized spacial score (nSPS) is 14.5. The number of pyridine rings is 1. The van der Waals surface area contributed by atoms with Gasteiger partial charge in [0.05, 0.1) is 24.5 Å². The highest BCUT2D eigenvalue weighted by Gasteiger charge is 2.27. The van der Waals surface area contributed by atoms with E-state index in [0.29, 0.717) is 18.7 Å². The van der Waals surface area contributed by atoms with Crippen molar-refractivity contribution in [3.63, 3.8) is 0 Å². The molecule has 0 radical (unpaired) electrons. The Hall–Kier alpha value is -3.93. The monoisotopic (exact) mass is 452 g/mol. The Bertz CT molecular complexity index is 1340. The summed E-state index contributed by atoms with van der Waals surface area (Å²) < 4.78 is 8.24. The van der Waals surface area contributed by atoms with Crippen LogP contribution in [0.3, 0.4) is 0 Å². The van der Waals surface area contributed by atoms with Crippen molar-refractivity contribution in [2.24, 2.45) is 0 Å². The fourth-order valence-electron chi connectivity index (χ4n) is 4.48. The van der Waals surface area contributed by atoms with Crippen LogP contribution in [0.2, 0.25) is 0 Å². The molecule has 4 aromatic rings. The first-order chi connectivity index (χ1) is 16.5. The van der Waals surface area contributed by atoms with Crippen molar-refractivity contribution in [2.45, 2.75) is 39.8 Å². The van der Waals surface area contributed by atoms with E-state index in [1.807, 2.05) is 61.0 Å². The van der Waals surface area contributed by atoms with Crippen LogP contribution in [0.5, 0.6) is 5.75 Å². The van der Waals surface area contributed by atoms with Crippen molar-refractivity contribution in [2.75, 3.05) is 6.54 Å². The molecule has 5 rings (SSSR count). The molecular weight excluding hydrogens is 424 g/mol. The van der Waals surface area contributed by atoms with Gasteiger partial charge in [0.25, 0.3) is 5.91 Å². The zero-order valence-electron chi connectivity index (χ0n) is 19.7. The second-order valence-corrected chi connectivity index (χ2v) is 8.90. The molecule has 3 heterocycles. The summed E-state index contributed by atoms with van der Waals surface area (Å²) in [6.07, 6.45) is 2.46. The number of benzene rings is 2. The van der Waals surface area contributed by atoms with Crippen molar-refractivity contribution >= 4 is 5.91 Å². The lowest BCUT2D eigenvalue weighted by Gasteiger charge is -2.14. The van der Waals surface area contributed by atoms with E-state index >= 15 is 0 Å². The van der Waals surface area contributed by atoms with E-state index in [9.17, 15) is 4.79 Å². The molecule has 0 spiro atoms. The maximum Gasteiger partial charge on any atom is 0.251 e. The van der Waals surface area contributed by atoms with Crippen LogP contribution >= 0.6 is 0 Å². The number of hydrogen-bond donors (Lipinski definition) is 1. The van der Waals surface area contributed by atoms with Crippen molar-refractivity contribution in [3.05, 3.63) is 101 Å². The zero-order valence-corrected chi connectivity index (χ0v) is 19.7. The topological polar surface area (TPSA) is 69.0 Å². The van der Waals surface area contributed by atoms with Gasteiger partial charge in [0, 0.05) is 29.4 Å². The Kier molecular flexibility index (Phi) is 5.88. The predicted octanol–water partition coefficient (Wildman–Crippen LogP) is 4.65. The summed E-state index contributed by atoms with van der Waals surface area (Å²) in [5.41, 5.74) is 8.07. The first-order valence-electron chi connectivity index (χ1n) is 11.6. The summed E-state index contributed by atoms with van der Waals surface area (Å²) in [6.45, 7) is 7.22. The third-order valence-electron chi connectivity index (χ3n) is 6.24. The van der Waals surface area contributed by atoms with Gasteiger partial charge in [-0.25, -0.2) is 0 Å². The minimum Gasteiger partial charge on any atom is -0.487 e. The zero-order chi connectivity index (χ0) is 23.7. The molecule has 0 bridgehead atoms. The molecule has 1 N–H and O–H groups in total. The first kappa shape index (κ1) is 21.9. The number of nitrogens with one attached hydrogen (secondary N) is 1. The van der Waals surface area contributed by atoms with Crippen LogP contribution in [0, 0.1) is 20.8 Å². The smallest absolute Gasteiger partial charge is 0.251 e. The predicted molar refractivity (Wildman–Crippen MR) is 132 cm³/mol. The number of ether oxygens (including phenoxy) is 1. The van der Waals surface area contributed by atoms with E-state index in [0.717, 1.165) is 51.5 Å². The third-order valence-corrected chi connectivity index (χ3v) is 6.24. The Morgan fingerprint density at radius 2 is 1.91 bits per heavy atom. The molecule has 1 amide bonds. The lowest BCUT2D eigenvalue weighted by atomic mass is 10.0. The summed E-state index contributed by atoms with van der Waals surface area (Å²) in [5, 5.41) is 7.53. The summed E-state index contributed by atoms with van der Waals surface area (Å²) >= 11 is 0. The maximum atomic E-state index is 12.7. The van der Waals surface area contributed by atoms with Crippen molar-refractivity contribution in [1.82, 2.24) is 20.1 Å². The van der Waals surface area contributed by atoms with E-state index in [1.165, 1.54) is 0 Å². The van der Waals surface area contributed by atoms with Gasteiger partial charge in [-0.2, -0.15) is 5.10 Å². The minimum atomic E-state index is -0.102. The molecule has 0 aliphatic carbocycles. The highest BCUT2D eigenvalue weighted by molar-refractivity contribution is 5.94. The number of carbonyl (C=O) groups excluding carboxylic acids is 1. The van der Waals surface area contributed by atoms with Gasteiger partial charge in [0.1, 0.15) is 11.9 Å². The van der Waals surface area contributed by atoms with E-state index < -0.39 is 0 Å². The Morgan fingerprint density at radius 3 is 2.65 bits per heavy atom. The van der Waals surface area contributed by atoms with Gasteiger partial charge in [0.2, 0.25) is 0 Å². The molecule has 6 nitrogen and oxygen atoms in total. The number of para-hydroxylation sites is 1. The molecule has 172 valence electrons. The summed E-state index contributed by atoms with van der Waals surface area (Å²) in [6, 6.07) is 19.9. The molecule has 6 heteroatoms. The van der Waals surface area contributed by atoms with Crippen LogP contribution in [0.4, 0.5) is 0 Å². The van der Waals surface area contributed by atoms with Gasteiger partial charge in [-0.15, -0.1) is 0 Å². The van der Waals surface area contributed by atoms with Crippen LogP contribution in [-0.2, 0) is 13.0 Å². The van der Waals surface area contributed by atoms with E-state index in [1.54, 1.807) is 6.20 Å². The average Bonchev–Trinajstić information content (AvgIpc) is 3.40. The van der Waals surface area contributed by atoms with Gasteiger partial charge in [0.15, 0.2) is 0 Å². The van der Waals surface area contributed by atoms with Gasteiger partial charge in [-0.1, -0.05) is 30.3 Å². The number of hydrogen-bond acceptors (Lipinski definition) is 4. The van der Waals surface area contributed by atoms with Gasteiger partial charge < -0.3 is 10.1 Å². The fourth-order valence-corrected chi connectivity index (χ4v) is 4.48. The summed E-state index contributed by atoms with van der Waals surface area (Å²) in [5.74, 6) is 0.773. The van der Waals surface area contributed by atoms with Gasteiger partial charge in [-0.05, 0) is 67.8 Å². The molecule has 0 saturated heterocycles. The van der Waals surface area contributed by atoms with E-state index in [-0.39, 0.29) is 12.0 Å². The summed E-state index contributed by atoms with van der Waals surface area (Å²) in [7, 11) is 0. The van der Waals surface area contributed by atoms with Crippen LogP contribution in [0.15, 0.2) is 66.9 Å². The molecular formula is C28H28N4O2. The molecule has 0 fully saturated rings. The number of nitrogens with zero attached hydrogens (tertiary/aromatic N) is 3. The van der Waals surface area contributed by atoms with Crippen LogP contribution in [0.25, 0.3) is 11.3 Å². The lowest BCUT2D eigenvalue weighted by molar-refractivity contribution is 0.0933. The highest BCUT2D eigenvalue weighted by atomic mass is 16.5. The number of rotatable bonds is 6. The highest BCUT2D eigenvalue weighted by Crippen LogP contribution is 2.38. The minimum absolute atomic E-state index is 0.0991. The van der Waals surface area contributed by atoms with Crippen LogP contribution in [0.1, 0.15) is 38.4 Å². The fraction of sp³-hybridized carbons (Fsp3) is 0.250. The Labute approximate surface area is 199 Å². The van der Waals surface area contributed by atoms with E-state index in [4.69, 9.17) is 4.74 Å². The Morgan fingerprint density at radius 1 is 1.09 bits per heavy atom. The van der Waals surface area contributed by atoms with Gasteiger partial charge >= 0.3 is 0 Å². The number of amides is 1. The quantitative estimate of drug-likeness (QED) is 0.462. The average molecular weight is 453 g/mol. The van der Waals surface area contributed by atoms with E-state index in [2.05, 4.69) is 40.5 Å². The number of aryl methyl sites for hydroxylation is 3. The molecule has 2 aromatic carbocycles. The molecule has 1 atom stereocenters. The molecule has 0 saturated carbocycles. The maximum absolute atomic E-state index is 12.7. The summed E-state index contributed by atoms with van der Waals surface area (Å²) in [4.78, 5) is 17.3. The first-order valence-corrected chi connectivity index (χ1v) is 11.6. The van der Waals surface area contributed by atoms with Crippen molar-refractivity contribution in [1.29, 1.82) is 0 Å². The second kappa shape index (κ2) is 9.14. The molecule has 2 aromatic heterocycles. The molecule has 1 unspecified atom stereocenters.